The molecule has 5 nitrogen and oxygen atoms in total. The van der Waals surface area contributed by atoms with Gasteiger partial charge in [-0.3, -0.25) is 0 Å². The molecule has 0 aliphatic carbocycles. The number of anilines is 2. The molecule has 2 rings (SSSR count). The summed E-state index contributed by atoms with van der Waals surface area (Å²) in [6.07, 6.45) is 23.5. The third-order valence-corrected chi connectivity index (χ3v) is 8.17. The molecule has 1 aliphatic heterocycles. The molecule has 0 spiro atoms. The van der Waals surface area contributed by atoms with Crippen LogP contribution in [0.4, 0.5) is 11.4 Å². The Morgan fingerprint density at radius 2 is 0.971 bits per heavy atom. The van der Waals surface area contributed by atoms with E-state index in [0.717, 1.165) is 12.8 Å². The Labute approximate surface area is 231 Å². The molecule has 0 saturated carbocycles. The topological polar surface area (TPSA) is 81.3 Å². The number of rotatable bonds is 20. The number of fused-ring (bicyclic) bond motifs is 1. The third-order valence-electron chi connectivity index (χ3n) is 6.91. The van der Waals surface area contributed by atoms with Crippen LogP contribution in [0.1, 0.15) is 129 Å². The van der Waals surface area contributed by atoms with E-state index in [-0.39, 0.29) is 36.0 Å². The van der Waals surface area contributed by atoms with Crippen LogP contribution in [0.15, 0.2) is 24.3 Å². The molecule has 0 unspecified atom stereocenters. The average Bonchev–Trinajstić information content (AvgIpc) is 3.18. The fourth-order valence-electron chi connectivity index (χ4n) is 4.82. The molecule has 7 heteroatoms. The van der Waals surface area contributed by atoms with Gasteiger partial charge >= 0.3 is 29.6 Å². The van der Waals surface area contributed by atoms with Gasteiger partial charge in [0, 0.05) is 6.42 Å². The quantitative estimate of drug-likeness (QED) is 0.146. The van der Waals surface area contributed by atoms with Gasteiger partial charge in [0.2, 0.25) is 4.99 Å². The van der Waals surface area contributed by atoms with Gasteiger partial charge in [-0.25, -0.2) is 8.42 Å². The van der Waals surface area contributed by atoms with Crippen molar-refractivity contribution in [3.8, 4) is 0 Å². The van der Waals surface area contributed by atoms with Gasteiger partial charge in [-0.05, 0) is 18.6 Å². The third kappa shape index (κ3) is 11.6. The van der Waals surface area contributed by atoms with Crippen molar-refractivity contribution in [2.75, 3.05) is 10.6 Å². The summed E-state index contributed by atoms with van der Waals surface area (Å²) in [5.74, 6) is 0. The summed E-state index contributed by atoms with van der Waals surface area (Å²) in [4.78, 5) is -1.61. The van der Waals surface area contributed by atoms with Gasteiger partial charge in [0.25, 0.3) is 0 Å². The fourth-order valence-corrected chi connectivity index (χ4v) is 5.68. The van der Waals surface area contributed by atoms with Gasteiger partial charge < -0.3 is 15.2 Å². The Bertz CT molecular complexity index is 733. The summed E-state index contributed by atoms with van der Waals surface area (Å²) < 4.78 is 35.9. The Hall–Kier alpha value is -0.270. The van der Waals surface area contributed by atoms with E-state index in [2.05, 4.69) is 17.6 Å². The van der Waals surface area contributed by atoms with Crippen LogP contribution in [0.25, 0.3) is 0 Å². The van der Waals surface area contributed by atoms with Crippen LogP contribution in [-0.4, -0.2) is 18.0 Å². The molecule has 34 heavy (non-hydrogen) atoms. The maximum atomic E-state index is 12.0. The number of nitrogens with one attached hydrogen (secondary N) is 2. The van der Waals surface area contributed by atoms with Gasteiger partial charge in [-0.1, -0.05) is 128 Å². The van der Waals surface area contributed by atoms with Crippen molar-refractivity contribution in [1.82, 2.24) is 0 Å². The van der Waals surface area contributed by atoms with Crippen LogP contribution in [0.3, 0.4) is 0 Å². The molecule has 2 N–H and O–H groups in total. The normalized spacial score (nSPS) is 14.2. The zero-order valence-electron chi connectivity index (χ0n) is 21.9. The minimum Gasteiger partial charge on any atom is -0.745 e. The molecule has 0 radical (unpaired) electrons. The van der Waals surface area contributed by atoms with E-state index in [1.807, 2.05) is 12.1 Å². The second-order valence-electron chi connectivity index (χ2n) is 9.84. The molecule has 190 valence electrons. The molecule has 1 heterocycles. The van der Waals surface area contributed by atoms with Crippen LogP contribution in [-0.2, 0) is 10.1 Å². The summed E-state index contributed by atoms with van der Waals surface area (Å²) in [5.41, 5.74) is 1.36. The van der Waals surface area contributed by atoms with Gasteiger partial charge in [0.15, 0.2) is 0 Å². The second kappa shape index (κ2) is 18.0. The Balaban J connectivity index is 0.00000578. The molecular weight excluding hydrogens is 455 g/mol. The van der Waals surface area contributed by atoms with Crippen molar-refractivity contribution in [2.45, 2.75) is 134 Å². The van der Waals surface area contributed by atoms with Crippen LogP contribution in [0.2, 0.25) is 0 Å². The number of hydrogen-bond acceptors (Lipinski definition) is 5. The zero-order chi connectivity index (χ0) is 23.8. The molecular formula is C27H47N2NaO3S. The first-order valence-electron chi connectivity index (χ1n) is 13.6. The molecule has 0 amide bonds. The van der Waals surface area contributed by atoms with E-state index in [1.165, 1.54) is 96.3 Å². The molecule has 1 aliphatic rings. The second-order valence-corrected chi connectivity index (χ2v) is 11.4. The van der Waals surface area contributed by atoms with Gasteiger partial charge in [0.05, 0.1) is 11.4 Å². The summed E-state index contributed by atoms with van der Waals surface area (Å²) in [5, 5.41) is 5.87. The van der Waals surface area contributed by atoms with Crippen molar-refractivity contribution < 1.29 is 42.5 Å². The summed E-state index contributed by atoms with van der Waals surface area (Å²) >= 11 is 0. The van der Waals surface area contributed by atoms with Crippen molar-refractivity contribution in [3.63, 3.8) is 0 Å². The maximum Gasteiger partial charge on any atom is 1.00 e. The number of hydrogen-bond donors (Lipinski definition) is 2. The largest absolute Gasteiger partial charge is 1.00 e. The summed E-state index contributed by atoms with van der Waals surface area (Å²) in [6, 6.07) is 7.25. The number of benzene rings is 1. The molecule has 0 aromatic heterocycles. The predicted octanol–water partition coefficient (Wildman–Crippen LogP) is 5.16. The average molecular weight is 503 g/mol. The SMILES string of the molecule is CCCCCCCCCCCCCCCCCCCCC1(S(=O)(=O)[O-])Nc2ccccc2N1.[Na+]. The van der Waals surface area contributed by atoms with E-state index in [1.54, 1.807) is 12.1 Å². The van der Waals surface area contributed by atoms with E-state index < -0.39 is 15.1 Å². The van der Waals surface area contributed by atoms with Gasteiger partial charge in [0.1, 0.15) is 10.1 Å². The zero-order valence-corrected chi connectivity index (χ0v) is 24.7. The maximum absolute atomic E-state index is 12.0. The van der Waals surface area contributed by atoms with E-state index in [9.17, 15) is 13.0 Å². The summed E-state index contributed by atoms with van der Waals surface area (Å²) in [7, 11) is -4.53. The minimum atomic E-state index is -4.53. The van der Waals surface area contributed by atoms with E-state index in [4.69, 9.17) is 0 Å². The van der Waals surface area contributed by atoms with Crippen molar-refractivity contribution in [1.29, 1.82) is 0 Å². The number of unbranched alkanes of at least 4 members (excludes halogenated alkanes) is 17. The molecule has 1 aromatic rings. The van der Waals surface area contributed by atoms with Crippen LogP contribution in [0, 0.1) is 0 Å². The minimum absolute atomic E-state index is 0. The first-order valence-corrected chi connectivity index (χ1v) is 15.0. The Morgan fingerprint density at radius 1 is 0.647 bits per heavy atom. The number of para-hydroxylation sites is 2. The Morgan fingerprint density at radius 3 is 1.29 bits per heavy atom. The smallest absolute Gasteiger partial charge is 0.745 e. The molecule has 0 fully saturated rings. The first-order chi connectivity index (χ1) is 16.0. The Kier molecular flexibility index (Phi) is 16.9. The van der Waals surface area contributed by atoms with Gasteiger partial charge in [-0.2, -0.15) is 0 Å². The van der Waals surface area contributed by atoms with Crippen LogP contribution < -0.4 is 40.2 Å². The van der Waals surface area contributed by atoms with Crippen LogP contribution >= 0.6 is 0 Å². The monoisotopic (exact) mass is 502 g/mol. The molecule has 0 atom stereocenters. The fraction of sp³-hybridized carbons (Fsp3) is 0.778. The van der Waals surface area contributed by atoms with Crippen molar-refractivity contribution >= 4 is 21.5 Å². The standard InChI is InChI=1S/C27H48N2O3S.Na/c1-2-3-4-5-6-7-8-9-10-11-12-13-14-15-16-17-18-21-24-27(33(30,31)32)28-25-22-19-20-23-26(25)29-27;/h19-20,22-23,28-29H,2-18,21,24H2,1H3,(H,30,31,32);/q;+1/p-1. The van der Waals surface area contributed by atoms with Crippen LogP contribution in [0.5, 0.6) is 0 Å². The molecule has 1 aromatic carbocycles. The van der Waals surface area contributed by atoms with Crippen molar-refractivity contribution in [3.05, 3.63) is 24.3 Å². The predicted molar refractivity (Wildman–Crippen MR) is 140 cm³/mol. The molecule has 0 saturated heterocycles. The first kappa shape index (κ1) is 31.8. The van der Waals surface area contributed by atoms with E-state index >= 15 is 0 Å². The van der Waals surface area contributed by atoms with E-state index in [0.29, 0.717) is 17.8 Å². The van der Waals surface area contributed by atoms with Gasteiger partial charge in [-0.15, -0.1) is 0 Å². The molecule has 0 bridgehead atoms. The summed E-state index contributed by atoms with van der Waals surface area (Å²) in [6.45, 7) is 2.27. The van der Waals surface area contributed by atoms with Crippen molar-refractivity contribution in [2.24, 2.45) is 0 Å².